The van der Waals surface area contributed by atoms with E-state index in [2.05, 4.69) is 26.6 Å². The highest BCUT2D eigenvalue weighted by molar-refractivity contribution is 6.27. The Morgan fingerprint density at radius 1 is 0.814 bits per heavy atom. The molecule has 0 saturated carbocycles. The molecule has 0 spiro atoms. The van der Waals surface area contributed by atoms with Crippen molar-refractivity contribution < 1.29 is 28.4 Å². The number of nitrogens with one attached hydrogen (secondary N) is 5. The first-order valence-corrected chi connectivity index (χ1v) is 14.6. The standard InChI is InChI=1S/C31H41ClFN5O5/c1-20-9-11-21(12-10-20)19-35-29(42)25(17-22-7-5-6-8-23(22)33)37-30(43)24(13-14-27(40)38-31(2,3)4)36-26(39)15-16-34-28(41)18-32/h5-12,24-25H,13-19H2,1-4H3,(H,34,41)(H,35,42)(H,36,39)(H,37,43)(H,38,40)/t24-,25-/m0/s1. The Morgan fingerprint density at radius 2 is 1.49 bits per heavy atom. The number of carbonyl (C=O) groups excluding carboxylic acids is 5. The highest BCUT2D eigenvalue weighted by Crippen LogP contribution is 2.11. The van der Waals surface area contributed by atoms with Crippen molar-refractivity contribution in [2.45, 2.75) is 77.5 Å². The largest absolute Gasteiger partial charge is 0.355 e. The summed E-state index contributed by atoms with van der Waals surface area (Å²) in [6.45, 7) is 7.56. The first-order valence-electron chi connectivity index (χ1n) is 14.1. The number of rotatable bonds is 15. The minimum absolute atomic E-state index is 0.00639. The van der Waals surface area contributed by atoms with E-state index in [0.717, 1.165) is 11.1 Å². The van der Waals surface area contributed by atoms with Gasteiger partial charge in [0.2, 0.25) is 29.5 Å². The number of alkyl halides is 1. The molecule has 0 heterocycles. The normalized spacial score (nSPS) is 12.4. The number of hydrogen-bond acceptors (Lipinski definition) is 5. The fourth-order valence-corrected chi connectivity index (χ4v) is 4.13. The summed E-state index contributed by atoms with van der Waals surface area (Å²) in [5.41, 5.74) is 1.62. The van der Waals surface area contributed by atoms with Crippen molar-refractivity contribution >= 4 is 41.1 Å². The van der Waals surface area contributed by atoms with E-state index in [1.807, 2.05) is 52.0 Å². The Labute approximate surface area is 256 Å². The van der Waals surface area contributed by atoms with Crippen LogP contribution < -0.4 is 26.6 Å². The maximum atomic E-state index is 14.5. The van der Waals surface area contributed by atoms with Crippen molar-refractivity contribution in [3.05, 3.63) is 71.0 Å². The molecule has 2 rings (SSSR count). The zero-order valence-corrected chi connectivity index (χ0v) is 25.8. The molecule has 0 aliphatic carbocycles. The van der Waals surface area contributed by atoms with Crippen LogP contribution in [0.15, 0.2) is 48.5 Å². The summed E-state index contributed by atoms with van der Waals surface area (Å²) >= 11 is 5.46. The summed E-state index contributed by atoms with van der Waals surface area (Å²) in [6, 6.07) is 11.1. The zero-order valence-electron chi connectivity index (χ0n) is 25.0. The van der Waals surface area contributed by atoms with Gasteiger partial charge < -0.3 is 26.6 Å². The van der Waals surface area contributed by atoms with Gasteiger partial charge in [0.25, 0.3) is 0 Å². The zero-order chi connectivity index (χ0) is 32.0. The third-order valence-electron chi connectivity index (χ3n) is 6.22. The van der Waals surface area contributed by atoms with Gasteiger partial charge in [0.1, 0.15) is 23.8 Å². The molecule has 5 amide bonds. The Morgan fingerprint density at radius 3 is 2.12 bits per heavy atom. The molecular formula is C31H41ClFN5O5. The number of halogens is 2. The van der Waals surface area contributed by atoms with Gasteiger partial charge in [0.05, 0.1) is 0 Å². The van der Waals surface area contributed by atoms with E-state index < -0.39 is 47.1 Å². The predicted octanol–water partition coefficient (Wildman–Crippen LogP) is 2.40. The molecule has 2 aromatic carbocycles. The van der Waals surface area contributed by atoms with Crippen LogP contribution in [-0.4, -0.2) is 59.6 Å². The summed E-state index contributed by atoms with van der Waals surface area (Å²) in [4.78, 5) is 63.3. The van der Waals surface area contributed by atoms with E-state index >= 15 is 0 Å². The van der Waals surface area contributed by atoms with Gasteiger partial charge in [-0.2, -0.15) is 0 Å². The third-order valence-corrected chi connectivity index (χ3v) is 6.47. The predicted molar refractivity (Wildman–Crippen MR) is 162 cm³/mol. The van der Waals surface area contributed by atoms with Gasteiger partial charge in [0, 0.05) is 37.9 Å². The minimum atomic E-state index is -1.19. The molecule has 10 nitrogen and oxygen atoms in total. The SMILES string of the molecule is Cc1ccc(CNC(=O)[C@H](Cc2ccccc2F)NC(=O)[C@H](CCC(=O)NC(C)(C)C)NC(=O)CCNC(=O)CCl)cc1. The number of hydrogen-bond donors (Lipinski definition) is 5. The lowest BCUT2D eigenvalue weighted by Gasteiger charge is -2.24. The fraction of sp³-hybridized carbons (Fsp3) is 0.452. The molecule has 0 radical (unpaired) electrons. The van der Waals surface area contributed by atoms with Crippen molar-refractivity contribution in [2.24, 2.45) is 0 Å². The molecule has 0 aromatic heterocycles. The van der Waals surface area contributed by atoms with Crippen LogP contribution in [0.3, 0.4) is 0 Å². The maximum absolute atomic E-state index is 14.5. The van der Waals surface area contributed by atoms with Gasteiger partial charge in [-0.1, -0.05) is 48.0 Å². The quantitative estimate of drug-likeness (QED) is 0.195. The van der Waals surface area contributed by atoms with Crippen LogP contribution in [0.1, 0.15) is 56.7 Å². The smallest absolute Gasteiger partial charge is 0.243 e. The topological polar surface area (TPSA) is 146 Å². The summed E-state index contributed by atoms with van der Waals surface area (Å²) in [7, 11) is 0. The molecular weight excluding hydrogens is 577 g/mol. The molecule has 2 atom stereocenters. The average Bonchev–Trinajstić information content (AvgIpc) is 2.94. The monoisotopic (exact) mass is 617 g/mol. The van der Waals surface area contributed by atoms with Crippen molar-refractivity contribution in [1.29, 1.82) is 0 Å². The van der Waals surface area contributed by atoms with Gasteiger partial charge in [-0.3, -0.25) is 24.0 Å². The lowest BCUT2D eigenvalue weighted by atomic mass is 10.0. The van der Waals surface area contributed by atoms with Crippen LogP contribution in [0.4, 0.5) is 4.39 Å². The molecule has 234 valence electrons. The molecule has 0 aliphatic rings. The van der Waals surface area contributed by atoms with Crippen LogP contribution in [0.2, 0.25) is 0 Å². The van der Waals surface area contributed by atoms with Gasteiger partial charge in [0.15, 0.2) is 0 Å². The second-order valence-corrected chi connectivity index (χ2v) is 11.5. The van der Waals surface area contributed by atoms with E-state index in [9.17, 15) is 28.4 Å². The van der Waals surface area contributed by atoms with Crippen LogP contribution >= 0.6 is 11.6 Å². The van der Waals surface area contributed by atoms with Gasteiger partial charge in [-0.15, -0.1) is 11.6 Å². The highest BCUT2D eigenvalue weighted by Gasteiger charge is 2.28. The molecule has 0 unspecified atom stereocenters. The number of benzene rings is 2. The Kier molecular flexibility index (Phi) is 14.1. The molecule has 0 fully saturated rings. The molecule has 0 aliphatic heterocycles. The van der Waals surface area contributed by atoms with Gasteiger partial charge >= 0.3 is 0 Å². The summed E-state index contributed by atoms with van der Waals surface area (Å²) in [6.07, 6.45) is -0.439. The first kappa shape index (κ1) is 35.2. The van der Waals surface area contributed by atoms with E-state index in [4.69, 9.17) is 11.6 Å². The third kappa shape index (κ3) is 13.7. The Hall–Kier alpha value is -3.99. The summed E-state index contributed by atoms with van der Waals surface area (Å²) < 4.78 is 14.5. The molecule has 0 saturated heterocycles. The summed E-state index contributed by atoms with van der Waals surface area (Å²) in [5.74, 6) is -3.38. The molecule has 0 bridgehead atoms. The van der Waals surface area contributed by atoms with Crippen LogP contribution in [-0.2, 0) is 36.9 Å². The fourth-order valence-electron chi connectivity index (χ4n) is 4.04. The number of carbonyl (C=O) groups is 5. The van der Waals surface area contributed by atoms with Gasteiger partial charge in [-0.05, 0) is 51.3 Å². The number of amides is 5. The van der Waals surface area contributed by atoms with Gasteiger partial charge in [-0.25, -0.2) is 4.39 Å². The number of aryl methyl sites for hydroxylation is 1. The average molecular weight is 618 g/mol. The second-order valence-electron chi connectivity index (χ2n) is 11.3. The van der Waals surface area contributed by atoms with E-state index in [1.54, 1.807) is 6.07 Å². The molecule has 2 aromatic rings. The Balaban J connectivity index is 2.20. The van der Waals surface area contributed by atoms with Crippen molar-refractivity contribution in [2.75, 3.05) is 12.4 Å². The van der Waals surface area contributed by atoms with Crippen LogP contribution in [0.25, 0.3) is 0 Å². The van der Waals surface area contributed by atoms with Crippen molar-refractivity contribution in [3.63, 3.8) is 0 Å². The van der Waals surface area contributed by atoms with Crippen molar-refractivity contribution in [1.82, 2.24) is 26.6 Å². The lowest BCUT2D eigenvalue weighted by molar-refractivity contribution is -0.133. The van der Waals surface area contributed by atoms with E-state index in [-0.39, 0.29) is 56.1 Å². The minimum Gasteiger partial charge on any atom is -0.355 e. The first-order chi connectivity index (χ1) is 20.3. The molecule has 43 heavy (non-hydrogen) atoms. The van der Waals surface area contributed by atoms with Crippen molar-refractivity contribution in [3.8, 4) is 0 Å². The lowest BCUT2D eigenvalue weighted by Crippen LogP contribution is -2.55. The van der Waals surface area contributed by atoms with E-state index in [1.165, 1.54) is 18.2 Å². The maximum Gasteiger partial charge on any atom is 0.243 e. The van der Waals surface area contributed by atoms with Crippen LogP contribution in [0.5, 0.6) is 0 Å². The summed E-state index contributed by atoms with van der Waals surface area (Å²) in [5, 5.41) is 13.3. The second kappa shape index (κ2) is 17.2. The Bertz CT molecular complexity index is 1270. The molecule has 12 heteroatoms. The molecule has 5 N–H and O–H groups in total. The van der Waals surface area contributed by atoms with Crippen LogP contribution in [0, 0.1) is 12.7 Å². The highest BCUT2D eigenvalue weighted by atomic mass is 35.5. The van der Waals surface area contributed by atoms with E-state index in [0.29, 0.717) is 0 Å².